The molecule has 0 radical (unpaired) electrons. The van der Waals surface area contributed by atoms with Gasteiger partial charge in [0.1, 0.15) is 23.9 Å². The molecule has 0 unspecified atom stereocenters. The lowest BCUT2D eigenvalue weighted by atomic mass is 10.2. The van der Waals surface area contributed by atoms with Crippen molar-refractivity contribution in [2.45, 2.75) is 27.4 Å². The fourth-order valence-corrected chi connectivity index (χ4v) is 2.31. The van der Waals surface area contributed by atoms with Gasteiger partial charge < -0.3 is 14.6 Å². The summed E-state index contributed by atoms with van der Waals surface area (Å²) in [7, 11) is 0. The Labute approximate surface area is 145 Å². The van der Waals surface area contributed by atoms with E-state index in [1.54, 1.807) is 19.2 Å². The predicted molar refractivity (Wildman–Crippen MR) is 93.7 cm³/mol. The molecule has 6 nitrogen and oxygen atoms in total. The third-order valence-corrected chi connectivity index (χ3v) is 3.76. The molecule has 0 spiro atoms. The molecule has 1 N–H and O–H groups in total. The zero-order valence-electron chi connectivity index (χ0n) is 14.4. The minimum Gasteiger partial charge on any atom is -0.489 e. The molecule has 0 aliphatic carbocycles. The molecule has 0 aliphatic heterocycles. The smallest absolute Gasteiger partial charge is 0.279 e. The van der Waals surface area contributed by atoms with Crippen LogP contribution < -0.4 is 10.1 Å². The van der Waals surface area contributed by atoms with Gasteiger partial charge >= 0.3 is 0 Å². The lowest BCUT2D eigenvalue weighted by Gasteiger charge is -2.07. The molecule has 128 valence electrons. The fourth-order valence-electron chi connectivity index (χ4n) is 2.31. The predicted octanol–water partition coefficient (Wildman–Crippen LogP) is 3.83. The Morgan fingerprint density at radius 1 is 1.12 bits per heavy atom. The van der Waals surface area contributed by atoms with Crippen LogP contribution in [0, 0.1) is 20.8 Å². The Hall–Kier alpha value is -3.15. The molecule has 1 amide bonds. The summed E-state index contributed by atoms with van der Waals surface area (Å²) in [4.78, 5) is 16.6. The molecular formula is C19H19N3O3. The van der Waals surface area contributed by atoms with Gasteiger partial charge in [-0.2, -0.15) is 0 Å². The van der Waals surface area contributed by atoms with Crippen molar-refractivity contribution in [1.29, 1.82) is 0 Å². The number of carbonyl (C=O) groups excluding carboxylic acids is 1. The third kappa shape index (κ3) is 4.03. The summed E-state index contributed by atoms with van der Waals surface area (Å²) in [6, 6.07) is 11.3. The topological polar surface area (TPSA) is 77.2 Å². The Morgan fingerprint density at radius 3 is 2.60 bits per heavy atom. The molecule has 1 aromatic carbocycles. The first kappa shape index (κ1) is 16.7. The second-order valence-corrected chi connectivity index (χ2v) is 5.84. The largest absolute Gasteiger partial charge is 0.489 e. The van der Waals surface area contributed by atoms with E-state index < -0.39 is 0 Å². The van der Waals surface area contributed by atoms with Crippen molar-refractivity contribution in [1.82, 2.24) is 10.1 Å². The number of amides is 1. The van der Waals surface area contributed by atoms with Crippen LogP contribution in [0.25, 0.3) is 0 Å². The highest BCUT2D eigenvalue weighted by molar-refractivity contribution is 6.03. The molecule has 0 atom stereocenters. The minimum absolute atomic E-state index is 0.197. The number of hydrogen-bond donors (Lipinski definition) is 1. The number of aryl methyl sites for hydroxylation is 3. The van der Waals surface area contributed by atoms with Gasteiger partial charge in [0, 0.05) is 6.20 Å². The van der Waals surface area contributed by atoms with E-state index in [0.29, 0.717) is 17.1 Å². The number of rotatable bonds is 5. The Balaban J connectivity index is 1.74. The highest BCUT2D eigenvalue weighted by atomic mass is 16.5. The van der Waals surface area contributed by atoms with Gasteiger partial charge in [0.25, 0.3) is 5.91 Å². The summed E-state index contributed by atoms with van der Waals surface area (Å²) in [5.41, 5.74) is 2.97. The number of carbonyl (C=O) groups is 1. The zero-order chi connectivity index (χ0) is 17.8. The van der Waals surface area contributed by atoms with E-state index in [9.17, 15) is 4.79 Å². The van der Waals surface area contributed by atoms with Gasteiger partial charge in [0.2, 0.25) is 0 Å². The number of pyridine rings is 1. The third-order valence-electron chi connectivity index (χ3n) is 3.76. The fraction of sp³-hybridized carbons (Fsp3) is 0.211. The molecule has 0 saturated heterocycles. The van der Waals surface area contributed by atoms with Gasteiger partial charge in [0.15, 0.2) is 5.69 Å². The molecule has 0 fully saturated rings. The van der Waals surface area contributed by atoms with Crippen molar-refractivity contribution < 1.29 is 14.1 Å². The van der Waals surface area contributed by atoms with Crippen molar-refractivity contribution in [2.75, 3.05) is 5.32 Å². The summed E-state index contributed by atoms with van der Waals surface area (Å²) in [5.74, 6) is 1.36. The van der Waals surface area contributed by atoms with Crippen LogP contribution in [0.5, 0.6) is 5.75 Å². The van der Waals surface area contributed by atoms with E-state index in [1.165, 1.54) is 0 Å². The highest BCUT2D eigenvalue weighted by Crippen LogP contribution is 2.19. The van der Waals surface area contributed by atoms with Crippen molar-refractivity contribution in [3.05, 3.63) is 70.7 Å². The maximum absolute atomic E-state index is 12.5. The summed E-state index contributed by atoms with van der Waals surface area (Å²) in [6.45, 7) is 5.89. The van der Waals surface area contributed by atoms with Crippen LogP contribution in [0.15, 0.2) is 47.1 Å². The lowest BCUT2D eigenvalue weighted by molar-refractivity contribution is 0.101. The molecule has 2 aromatic heterocycles. The number of nitrogens with zero attached hydrogens (tertiary/aromatic N) is 2. The summed E-state index contributed by atoms with van der Waals surface area (Å²) in [5, 5.41) is 6.60. The first-order valence-electron chi connectivity index (χ1n) is 7.91. The highest BCUT2D eigenvalue weighted by Gasteiger charge is 2.21. The number of benzene rings is 1. The van der Waals surface area contributed by atoms with Crippen molar-refractivity contribution >= 4 is 11.7 Å². The Kier molecular flexibility index (Phi) is 4.79. The maximum Gasteiger partial charge on any atom is 0.279 e. The monoisotopic (exact) mass is 337 g/mol. The van der Waals surface area contributed by atoms with E-state index in [4.69, 9.17) is 9.26 Å². The van der Waals surface area contributed by atoms with E-state index in [-0.39, 0.29) is 18.2 Å². The van der Waals surface area contributed by atoms with Crippen LogP contribution in [-0.2, 0) is 6.61 Å². The van der Waals surface area contributed by atoms with E-state index in [2.05, 4.69) is 15.5 Å². The van der Waals surface area contributed by atoms with Crippen LogP contribution >= 0.6 is 0 Å². The first-order valence-corrected chi connectivity index (χ1v) is 7.91. The number of nitrogens with one attached hydrogen (secondary N) is 1. The molecule has 25 heavy (non-hydrogen) atoms. The number of aromatic nitrogens is 2. The molecule has 0 aliphatic rings. The molecule has 0 bridgehead atoms. The average molecular weight is 337 g/mol. The lowest BCUT2D eigenvalue weighted by Crippen LogP contribution is -2.16. The van der Waals surface area contributed by atoms with E-state index in [0.717, 1.165) is 16.9 Å². The van der Waals surface area contributed by atoms with Crippen molar-refractivity contribution in [3.8, 4) is 5.75 Å². The Bertz CT molecular complexity index is 885. The van der Waals surface area contributed by atoms with Crippen LogP contribution in [0.4, 0.5) is 5.82 Å². The van der Waals surface area contributed by atoms with Gasteiger partial charge in [-0.15, -0.1) is 0 Å². The van der Waals surface area contributed by atoms with Crippen molar-refractivity contribution in [2.24, 2.45) is 0 Å². The molecular weight excluding hydrogens is 318 g/mol. The van der Waals surface area contributed by atoms with Gasteiger partial charge in [0.05, 0.1) is 5.56 Å². The van der Waals surface area contributed by atoms with Gasteiger partial charge in [-0.05, 0) is 50.6 Å². The van der Waals surface area contributed by atoms with Gasteiger partial charge in [-0.3, -0.25) is 4.79 Å². The normalized spacial score (nSPS) is 10.5. The number of hydrogen-bond acceptors (Lipinski definition) is 5. The summed E-state index contributed by atoms with van der Waals surface area (Å²) < 4.78 is 10.9. The summed E-state index contributed by atoms with van der Waals surface area (Å²) in [6.07, 6.45) is 1.64. The second-order valence-electron chi connectivity index (χ2n) is 5.84. The first-order chi connectivity index (χ1) is 12.0. The maximum atomic E-state index is 12.5. The van der Waals surface area contributed by atoms with E-state index >= 15 is 0 Å². The Morgan fingerprint density at radius 2 is 1.88 bits per heavy atom. The van der Waals surface area contributed by atoms with Crippen LogP contribution in [-0.4, -0.2) is 16.0 Å². The SMILES string of the molecule is Cc1ccc(OCc2c(C(=O)Nc3cc(C)ccn3)noc2C)cc1. The van der Waals surface area contributed by atoms with Crippen LogP contribution in [0.2, 0.25) is 0 Å². The average Bonchev–Trinajstić information content (AvgIpc) is 2.95. The standard InChI is InChI=1S/C19H19N3O3/c1-12-4-6-15(7-5-12)24-11-16-14(3)25-22-18(16)19(23)21-17-10-13(2)8-9-20-17/h4-10H,11H2,1-3H3,(H,20,21,23). The molecule has 6 heteroatoms. The van der Waals surface area contributed by atoms with Crippen LogP contribution in [0.1, 0.15) is 32.9 Å². The number of ether oxygens (including phenoxy) is 1. The van der Waals surface area contributed by atoms with Crippen LogP contribution in [0.3, 0.4) is 0 Å². The second kappa shape index (κ2) is 7.17. The summed E-state index contributed by atoms with van der Waals surface area (Å²) >= 11 is 0. The molecule has 2 heterocycles. The van der Waals surface area contributed by atoms with Gasteiger partial charge in [-0.1, -0.05) is 22.9 Å². The zero-order valence-corrected chi connectivity index (χ0v) is 14.4. The molecule has 3 aromatic rings. The molecule has 3 rings (SSSR count). The minimum atomic E-state index is -0.377. The number of anilines is 1. The van der Waals surface area contributed by atoms with E-state index in [1.807, 2.05) is 44.2 Å². The van der Waals surface area contributed by atoms with Crippen molar-refractivity contribution in [3.63, 3.8) is 0 Å². The quantitative estimate of drug-likeness (QED) is 0.766. The van der Waals surface area contributed by atoms with Gasteiger partial charge in [-0.25, -0.2) is 4.98 Å². The molecule has 0 saturated carbocycles.